The minimum Gasteiger partial charge on any atom is -0.450 e. The minimum absolute atomic E-state index is 0.000141. The summed E-state index contributed by atoms with van der Waals surface area (Å²) in [6.07, 6.45) is 0. The van der Waals surface area contributed by atoms with Crippen molar-refractivity contribution in [3.05, 3.63) is 84.7 Å². The van der Waals surface area contributed by atoms with Crippen LogP contribution in [0.15, 0.2) is 51.7 Å². The van der Waals surface area contributed by atoms with Crippen LogP contribution in [-0.2, 0) is 4.74 Å². The van der Waals surface area contributed by atoms with E-state index in [0.29, 0.717) is 36.9 Å². The van der Waals surface area contributed by atoms with Gasteiger partial charge >= 0.3 is 0 Å². The average molecular weight is 470 g/mol. The Kier molecular flexibility index (Phi) is 5.61. The van der Waals surface area contributed by atoms with E-state index in [0.717, 1.165) is 13.1 Å². The van der Waals surface area contributed by atoms with Crippen molar-refractivity contribution >= 4 is 34.2 Å². The predicted molar refractivity (Wildman–Crippen MR) is 121 cm³/mol. The van der Waals surface area contributed by atoms with Crippen molar-refractivity contribution in [2.24, 2.45) is 0 Å². The molecule has 0 spiro atoms. The lowest BCUT2D eigenvalue weighted by Gasteiger charge is -2.31. The molecule has 0 N–H and O–H groups in total. The maximum Gasteiger partial charge on any atom is 0.290 e. The van der Waals surface area contributed by atoms with Crippen molar-refractivity contribution < 1.29 is 18.9 Å². The quantitative estimate of drug-likeness (QED) is 0.417. The first kappa shape index (κ1) is 21.6. The highest BCUT2D eigenvalue weighted by Crippen LogP contribution is 2.38. The molecule has 0 radical (unpaired) electrons. The standard InChI is InChI=1S/C23H20ClN3O6/c24-15-3-6-18-17(13-15)21(28)19-20(14-1-4-16(5-2-14)27(30)31)26(23(29)22(19)33-18)8-7-25-9-11-32-12-10-25/h1-6,13,20H,7-12H2/t20-/m1/s1. The van der Waals surface area contributed by atoms with Gasteiger partial charge in [0.2, 0.25) is 5.76 Å². The molecular formula is C23H20ClN3O6. The van der Waals surface area contributed by atoms with E-state index >= 15 is 0 Å². The summed E-state index contributed by atoms with van der Waals surface area (Å²) < 4.78 is 11.3. The van der Waals surface area contributed by atoms with Gasteiger partial charge in [0.05, 0.1) is 35.1 Å². The van der Waals surface area contributed by atoms with Gasteiger partial charge in [-0.25, -0.2) is 0 Å². The number of hydrogen-bond acceptors (Lipinski definition) is 7. The smallest absolute Gasteiger partial charge is 0.290 e. The number of carbonyl (C=O) groups is 1. The maximum absolute atomic E-state index is 13.5. The molecule has 3 aromatic rings. The Morgan fingerprint density at radius 1 is 1.06 bits per heavy atom. The van der Waals surface area contributed by atoms with Crippen LogP contribution in [0.2, 0.25) is 5.02 Å². The zero-order valence-electron chi connectivity index (χ0n) is 17.5. The molecule has 9 nitrogen and oxygen atoms in total. The van der Waals surface area contributed by atoms with Crippen LogP contribution >= 0.6 is 11.6 Å². The van der Waals surface area contributed by atoms with Crippen LogP contribution in [0.1, 0.15) is 27.7 Å². The highest BCUT2D eigenvalue weighted by atomic mass is 35.5. The molecule has 33 heavy (non-hydrogen) atoms. The number of fused-ring (bicyclic) bond motifs is 2. The first-order valence-electron chi connectivity index (χ1n) is 10.6. The Morgan fingerprint density at radius 3 is 2.48 bits per heavy atom. The van der Waals surface area contributed by atoms with E-state index in [1.165, 1.54) is 18.2 Å². The Labute approximate surface area is 193 Å². The SMILES string of the molecule is O=C1c2oc3ccc(Cl)cc3c(=O)c2[C@@H](c2ccc([N+](=O)[O-])cc2)N1CCN1CCOCC1. The summed E-state index contributed by atoms with van der Waals surface area (Å²) in [7, 11) is 0. The van der Waals surface area contributed by atoms with Crippen molar-refractivity contribution in [3.8, 4) is 0 Å². The van der Waals surface area contributed by atoms with Crippen LogP contribution in [0.5, 0.6) is 0 Å². The normalized spacial score (nSPS) is 18.6. The number of amides is 1. The average Bonchev–Trinajstić information content (AvgIpc) is 3.10. The van der Waals surface area contributed by atoms with Crippen LogP contribution < -0.4 is 5.43 Å². The number of ether oxygens (including phenoxy) is 1. The molecule has 3 heterocycles. The van der Waals surface area contributed by atoms with Crippen LogP contribution in [0.4, 0.5) is 5.69 Å². The first-order chi connectivity index (χ1) is 15.9. The molecule has 2 aliphatic rings. The van der Waals surface area contributed by atoms with Crippen molar-refractivity contribution in [2.75, 3.05) is 39.4 Å². The molecule has 0 aliphatic carbocycles. The largest absolute Gasteiger partial charge is 0.450 e. The van der Waals surface area contributed by atoms with Crippen LogP contribution in [-0.4, -0.2) is 60.0 Å². The Morgan fingerprint density at radius 2 is 1.79 bits per heavy atom. The van der Waals surface area contributed by atoms with Gasteiger partial charge in [0.1, 0.15) is 5.58 Å². The molecular weight excluding hydrogens is 450 g/mol. The number of hydrogen-bond donors (Lipinski definition) is 0. The summed E-state index contributed by atoms with van der Waals surface area (Å²) in [4.78, 5) is 41.3. The summed E-state index contributed by atoms with van der Waals surface area (Å²) in [6, 6.07) is 9.88. The van der Waals surface area contributed by atoms with Crippen molar-refractivity contribution in [2.45, 2.75) is 6.04 Å². The van der Waals surface area contributed by atoms with Gasteiger partial charge < -0.3 is 14.1 Å². The molecule has 2 aromatic carbocycles. The third-order valence-electron chi connectivity index (χ3n) is 6.11. The Hall–Kier alpha value is -3.27. The second-order valence-electron chi connectivity index (χ2n) is 8.02. The van der Waals surface area contributed by atoms with Gasteiger partial charge in [-0.15, -0.1) is 0 Å². The molecule has 1 saturated heterocycles. The summed E-state index contributed by atoms with van der Waals surface area (Å²) in [6.45, 7) is 3.75. The Bertz CT molecular complexity index is 1300. The number of nitrogens with zero attached hydrogens (tertiary/aromatic N) is 3. The third kappa shape index (κ3) is 3.88. The zero-order chi connectivity index (χ0) is 23.1. The highest BCUT2D eigenvalue weighted by molar-refractivity contribution is 6.31. The van der Waals surface area contributed by atoms with E-state index in [4.69, 9.17) is 20.8 Å². The Balaban J connectivity index is 1.60. The number of rotatable bonds is 5. The van der Waals surface area contributed by atoms with E-state index in [2.05, 4.69) is 4.90 Å². The monoisotopic (exact) mass is 469 g/mol. The zero-order valence-corrected chi connectivity index (χ0v) is 18.3. The molecule has 1 fully saturated rings. The molecule has 1 amide bonds. The summed E-state index contributed by atoms with van der Waals surface area (Å²) in [5.41, 5.74) is 0.711. The van der Waals surface area contributed by atoms with E-state index in [1.54, 1.807) is 29.2 Å². The van der Waals surface area contributed by atoms with E-state index in [9.17, 15) is 19.7 Å². The van der Waals surface area contributed by atoms with Crippen LogP contribution in [0, 0.1) is 10.1 Å². The maximum atomic E-state index is 13.5. The fraction of sp³-hybridized carbons (Fsp3) is 0.304. The number of carbonyl (C=O) groups excluding carboxylic acids is 1. The highest BCUT2D eigenvalue weighted by Gasteiger charge is 2.42. The number of benzene rings is 2. The lowest BCUT2D eigenvalue weighted by molar-refractivity contribution is -0.384. The number of non-ortho nitro benzene ring substituents is 1. The van der Waals surface area contributed by atoms with Crippen LogP contribution in [0.3, 0.4) is 0 Å². The molecule has 5 rings (SSSR count). The van der Waals surface area contributed by atoms with Crippen molar-refractivity contribution in [1.29, 1.82) is 0 Å². The van der Waals surface area contributed by atoms with Gasteiger partial charge in [0.15, 0.2) is 5.43 Å². The molecule has 0 unspecified atom stereocenters. The third-order valence-corrected chi connectivity index (χ3v) is 6.34. The number of nitro groups is 1. The molecule has 0 saturated carbocycles. The van der Waals surface area contributed by atoms with Crippen LogP contribution in [0.25, 0.3) is 11.0 Å². The number of morpholine rings is 1. The fourth-order valence-electron chi connectivity index (χ4n) is 4.42. The van der Waals surface area contributed by atoms with Gasteiger partial charge in [0, 0.05) is 43.3 Å². The minimum atomic E-state index is -0.714. The van der Waals surface area contributed by atoms with Crippen molar-refractivity contribution in [1.82, 2.24) is 9.80 Å². The van der Waals surface area contributed by atoms with Gasteiger partial charge in [-0.2, -0.15) is 0 Å². The number of halogens is 1. The summed E-state index contributed by atoms with van der Waals surface area (Å²) >= 11 is 6.10. The van der Waals surface area contributed by atoms with E-state index in [1.807, 2.05) is 0 Å². The second-order valence-corrected chi connectivity index (χ2v) is 8.45. The molecule has 1 atom stereocenters. The predicted octanol–water partition coefficient (Wildman–Crippen LogP) is 3.23. The molecule has 0 bridgehead atoms. The lowest BCUT2D eigenvalue weighted by Crippen LogP contribution is -2.42. The second kappa shape index (κ2) is 8.58. The van der Waals surface area contributed by atoms with Gasteiger partial charge in [-0.1, -0.05) is 11.6 Å². The van der Waals surface area contributed by atoms with E-state index < -0.39 is 11.0 Å². The first-order valence-corrected chi connectivity index (χ1v) is 10.9. The summed E-state index contributed by atoms with van der Waals surface area (Å²) in [5.74, 6) is -0.379. The topological polar surface area (TPSA) is 106 Å². The van der Waals surface area contributed by atoms with Gasteiger partial charge in [0.25, 0.3) is 11.6 Å². The lowest BCUT2D eigenvalue weighted by atomic mass is 9.98. The number of nitro benzene ring substituents is 1. The van der Waals surface area contributed by atoms with Gasteiger partial charge in [-0.05, 0) is 35.9 Å². The molecule has 170 valence electrons. The molecule has 1 aromatic heterocycles. The summed E-state index contributed by atoms with van der Waals surface area (Å²) in [5, 5.41) is 11.8. The fourth-order valence-corrected chi connectivity index (χ4v) is 4.59. The molecule has 10 heteroatoms. The van der Waals surface area contributed by atoms with Gasteiger partial charge in [-0.3, -0.25) is 24.6 Å². The molecule has 2 aliphatic heterocycles. The van der Waals surface area contributed by atoms with Crippen molar-refractivity contribution in [3.63, 3.8) is 0 Å². The van der Waals surface area contributed by atoms with E-state index in [-0.39, 0.29) is 39.3 Å².